The Bertz CT molecular complexity index is 270. The van der Waals surface area contributed by atoms with E-state index in [9.17, 15) is 15.0 Å². The number of rotatable bonds is 2. The molecular weight excluding hydrogens is 208 g/mol. The predicted octanol–water partition coefficient (Wildman–Crippen LogP) is 1.10. The summed E-state index contributed by atoms with van der Waals surface area (Å²) in [5.41, 5.74) is -1.76. The maximum absolute atomic E-state index is 11.9. The zero-order valence-electron chi connectivity index (χ0n) is 10.5. The Morgan fingerprint density at radius 1 is 1.44 bits per heavy atom. The van der Waals surface area contributed by atoms with Crippen LogP contribution in [0.1, 0.15) is 40.5 Å². The maximum atomic E-state index is 11.9. The summed E-state index contributed by atoms with van der Waals surface area (Å²) >= 11 is 0. The van der Waals surface area contributed by atoms with E-state index in [0.717, 1.165) is 0 Å². The Morgan fingerprint density at radius 2 is 2.00 bits per heavy atom. The summed E-state index contributed by atoms with van der Waals surface area (Å²) in [6.07, 6.45) is 0.346. The molecule has 0 heterocycles. The zero-order valence-corrected chi connectivity index (χ0v) is 10.5. The Labute approximate surface area is 96.6 Å². The SMILES string of the molecule is CCOC(=O)[C@@H]1C(C)(C)C(O)CC[C@@]1(C)O. The third-order valence-electron chi connectivity index (χ3n) is 3.67. The van der Waals surface area contributed by atoms with Gasteiger partial charge in [0.2, 0.25) is 0 Å². The van der Waals surface area contributed by atoms with Gasteiger partial charge in [-0.2, -0.15) is 0 Å². The summed E-state index contributed by atoms with van der Waals surface area (Å²) in [5, 5.41) is 20.2. The van der Waals surface area contributed by atoms with Crippen molar-refractivity contribution in [3.63, 3.8) is 0 Å². The normalized spacial score (nSPS) is 38.1. The molecule has 3 atom stereocenters. The van der Waals surface area contributed by atoms with Crippen LogP contribution in [0.15, 0.2) is 0 Å². The zero-order chi connectivity index (χ0) is 12.6. The van der Waals surface area contributed by atoms with Crippen molar-refractivity contribution in [1.29, 1.82) is 0 Å². The lowest BCUT2D eigenvalue weighted by atomic mass is 9.60. The average Bonchev–Trinajstić information content (AvgIpc) is 2.12. The fourth-order valence-corrected chi connectivity index (χ4v) is 2.72. The molecule has 2 N–H and O–H groups in total. The van der Waals surface area contributed by atoms with Gasteiger partial charge in [-0.3, -0.25) is 4.79 Å². The topological polar surface area (TPSA) is 66.8 Å². The van der Waals surface area contributed by atoms with E-state index < -0.39 is 29.0 Å². The summed E-state index contributed by atoms with van der Waals surface area (Å²) in [6.45, 7) is 7.26. The van der Waals surface area contributed by atoms with Gasteiger partial charge in [-0.1, -0.05) is 13.8 Å². The fraction of sp³-hybridized carbons (Fsp3) is 0.917. The van der Waals surface area contributed by atoms with Crippen LogP contribution in [0.3, 0.4) is 0 Å². The molecule has 0 amide bonds. The van der Waals surface area contributed by atoms with Crippen LogP contribution in [0.2, 0.25) is 0 Å². The molecule has 0 radical (unpaired) electrons. The van der Waals surface area contributed by atoms with Crippen LogP contribution < -0.4 is 0 Å². The Morgan fingerprint density at radius 3 is 2.50 bits per heavy atom. The second kappa shape index (κ2) is 4.34. The van der Waals surface area contributed by atoms with Crippen LogP contribution in [0.5, 0.6) is 0 Å². The Balaban J connectivity index is 3.01. The average molecular weight is 230 g/mol. The Kier molecular flexibility index (Phi) is 3.65. The molecular formula is C12H22O4. The van der Waals surface area contributed by atoms with Crippen molar-refractivity contribution in [3.8, 4) is 0 Å². The molecule has 1 saturated carbocycles. The van der Waals surface area contributed by atoms with E-state index in [2.05, 4.69) is 0 Å². The minimum absolute atomic E-state index is 0.289. The summed E-state index contributed by atoms with van der Waals surface area (Å²) in [5.74, 6) is -1.10. The monoisotopic (exact) mass is 230 g/mol. The molecule has 0 spiro atoms. The van der Waals surface area contributed by atoms with Gasteiger partial charge in [0.25, 0.3) is 0 Å². The Hall–Kier alpha value is -0.610. The largest absolute Gasteiger partial charge is 0.466 e. The van der Waals surface area contributed by atoms with Crippen LogP contribution in [0.25, 0.3) is 0 Å². The second-order valence-electron chi connectivity index (χ2n) is 5.42. The maximum Gasteiger partial charge on any atom is 0.312 e. The number of aliphatic hydroxyl groups excluding tert-OH is 1. The highest BCUT2D eigenvalue weighted by Crippen LogP contribution is 2.46. The van der Waals surface area contributed by atoms with Crippen LogP contribution in [0.4, 0.5) is 0 Å². The van der Waals surface area contributed by atoms with Gasteiger partial charge in [-0.05, 0) is 26.7 Å². The van der Waals surface area contributed by atoms with Crippen LogP contribution in [-0.2, 0) is 9.53 Å². The number of hydrogen-bond acceptors (Lipinski definition) is 4. The molecule has 0 saturated heterocycles. The van der Waals surface area contributed by atoms with E-state index in [1.165, 1.54) is 0 Å². The standard InChI is InChI=1S/C12H22O4/c1-5-16-10(14)9-11(2,3)8(13)6-7-12(9,4)15/h8-9,13,15H,5-7H2,1-4H3/t8?,9-,12-/m1/s1. The molecule has 0 aromatic heterocycles. The van der Waals surface area contributed by atoms with Crippen LogP contribution >= 0.6 is 0 Å². The van der Waals surface area contributed by atoms with Gasteiger partial charge in [0.05, 0.1) is 24.2 Å². The molecule has 16 heavy (non-hydrogen) atoms. The van der Waals surface area contributed by atoms with E-state index in [0.29, 0.717) is 12.8 Å². The van der Waals surface area contributed by atoms with Gasteiger partial charge in [-0.25, -0.2) is 0 Å². The predicted molar refractivity (Wildman–Crippen MR) is 59.8 cm³/mol. The minimum atomic E-state index is -1.10. The molecule has 0 aromatic carbocycles. The van der Waals surface area contributed by atoms with Crippen molar-refractivity contribution in [1.82, 2.24) is 0 Å². The third kappa shape index (κ3) is 2.23. The number of ether oxygens (including phenoxy) is 1. The molecule has 1 aliphatic rings. The molecule has 94 valence electrons. The van der Waals surface area contributed by atoms with Gasteiger partial charge in [0.1, 0.15) is 0 Å². The highest BCUT2D eigenvalue weighted by atomic mass is 16.5. The number of carbonyl (C=O) groups is 1. The highest BCUT2D eigenvalue weighted by molar-refractivity contribution is 5.75. The van der Waals surface area contributed by atoms with E-state index in [1.54, 1.807) is 27.7 Å². The third-order valence-corrected chi connectivity index (χ3v) is 3.67. The molecule has 1 unspecified atom stereocenters. The van der Waals surface area contributed by atoms with Crippen molar-refractivity contribution in [2.75, 3.05) is 6.61 Å². The van der Waals surface area contributed by atoms with E-state index in [4.69, 9.17) is 4.74 Å². The number of hydrogen-bond donors (Lipinski definition) is 2. The van der Waals surface area contributed by atoms with Crippen molar-refractivity contribution < 1.29 is 19.7 Å². The molecule has 1 aliphatic carbocycles. The quantitative estimate of drug-likeness (QED) is 0.697. The second-order valence-corrected chi connectivity index (χ2v) is 5.42. The van der Waals surface area contributed by atoms with Crippen LogP contribution in [-0.4, -0.2) is 34.5 Å². The number of esters is 1. The fourth-order valence-electron chi connectivity index (χ4n) is 2.72. The molecule has 0 aromatic rings. The first-order valence-electron chi connectivity index (χ1n) is 5.80. The van der Waals surface area contributed by atoms with Gasteiger partial charge < -0.3 is 14.9 Å². The lowest BCUT2D eigenvalue weighted by molar-refractivity contribution is -0.186. The van der Waals surface area contributed by atoms with Gasteiger partial charge in [0.15, 0.2) is 0 Å². The first-order chi connectivity index (χ1) is 7.23. The lowest BCUT2D eigenvalue weighted by Crippen LogP contribution is -2.57. The molecule has 1 rings (SSSR count). The minimum Gasteiger partial charge on any atom is -0.466 e. The summed E-state index contributed by atoms with van der Waals surface area (Å²) < 4.78 is 4.99. The van der Waals surface area contributed by atoms with Crippen molar-refractivity contribution >= 4 is 5.97 Å². The summed E-state index contributed by atoms with van der Waals surface area (Å²) in [4.78, 5) is 11.9. The molecule has 4 heteroatoms. The summed E-state index contributed by atoms with van der Waals surface area (Å²) in [7, 11) is 0. The highest BCUT2D eigenvalue weighted by Gasteiger charge is 2.54. The van der Waals surface area contributed by atoms with E-state index in [-0.39, 0.29) is 6.61 Å². The molecule has 4 nitrogen and oxygen atoms in total. The van der Waals surface area contributed by atoms with E-state index in [1.807, 2.05) is 0 Å². The first-order valence-corrected chi connectivity index (χ1v) is 5.80. The van der Waals surface area contributed by atoms with Crippen molar-refractivity contribution in [2.24, 2.45) is 11.3 Å². The number of carbonyl (C=O) groups excluding carboxylic acids is 1. The van der Waals surface area contributed by atoms with Crippen molar-refractivity contribution in [3.05, 3.63) is 0 Å². The lowest BCUT2D eigenvalue weighted by Gasteiger charge is -2.48. The summed E-state index contributed by atoms with van der Waals surface area (Å²) in [6, 6.07) is 0. The van der Waals surface area contributed by atoms with Crippen molar-refractivity contribution in [2.45, 2.75) is 52.2 Å². The molecule has 0 aliphatic heterocycles. The van der Waals surface area contributed by atoms with Crippen LogP contribution in [0, 0.1) is 11.3 Å². The van der Waals surface area contributed by atoms with E-state index >= 15 is 0 Å². The first kappa shape index (κ1) is 13.5. The number of aliphatic hydroxyl groups is 2. The van der Waals surface area contributed by atoms with Gasteiger partial charge in [-0.15, -0.1) is 0 Å². The molecule has 0 bridgehead atoms. The van der Waals surface area contributed by atoms with Gasteiger partial charge in [0, 0.05) is 5.41 Å². The van der Waals surface area contributed by atoms with Gasteiger partial charge >= 0.3 is 5.97 Å². The molecule has 1 fully saturated rings. The smallest absolute Gasteiger partial charge is 0.312 e.